The van der Waals surface area contributed by atoms with Gasteiger partial charge < -0.3 is 15.0 Å². The average Bonchev–Trinajstić information content (AvgIpc) is 2.57. The third-order valence-electron chi connectivity index (χ3n) is 4.22. The van der Waals surface area contributed by atoms with Gasteiger partial charge in [0.25, 0.3) is 0 Å². The van der Waals surface area contributed by atoms with E-state index in [0.29, 0.717) is 24.2 Å². The molecule has 1 saturated carbocycles. The molecule has 1 aromatic carbocycles. The maximum absolute atomic E-state index is 12.1. The van der Waals surface area contributed by atoms with Crippen molar-refractivity contribution in [3.63, 3.8) is 0 Å². The van der Waals surface area contributed by atoms with Crippen molar-refractivity contribution >= 4 is 17.6 Å². The highest BCUT2D eigenvalue weighted by atomic mass is 35.5. The lowest BCUT2D eigenvalue weighted by Crippen LogP contribution is -2.37. The number of hydrogen-bond donors (Lipinski definition) is 1. The van der Waals surface area contributed by atoms with Crippen LogP contribution in [0.3, 0.4) is 0 Å². The van der Waals surface area contributed by atoms with Gasteiger partial charge in [0.05, 0.1) is 6.10 Å². The number of urea groups is 1. The third kappa shape index (κ3) is 6.40. The quantitative estimate of drug-likeness (QED) is 0.756. The highest BCUT2D eigenvalue weighted by Gasteiger charge is 2.13. The summed E-state index contributed by atoms with van der Waals surface area (Å²) in [6.07, 6.45) is 7.57. The van der Waals surface area contributed by atoms with E-state index in [4.69, 9.17) is 16.3 Å². The minimum Gasteiger partial charge on any atom is -0.378 e. The zero-order chi connectivity index (χ0) is 16.5. The molecule has 1 aromatic rings. The van der Waals surface area contributed by atoms with Gasteiger partial charge in [-0.1, -0.05) is 49.1 Å². The van der Waals surface area contributed by atoms with Gasteiger partial charge in [-0.3, -0.25) is 0 Å². The molecule has 2 rings (SSSR count). The van der Waals surface area contributed by atoms with E-state index in [1.165, 1.54) is 32.1 Å². The summed E-state index contributed by atoms with van der Waals surface area (Å²) in [4.78, 5) is 13.7. The van der Waals surface area contributed by atoms with E-state index in [2.05, 4.69) is 5.32 Å². The number of rotatable bonds is 7. The van der Waals surface area contributed by atoms with Crippen LogP contribution >= 0.6 is 11.6 Å². The average molecular weight is 339 g/mol. The van der Waals surface area contributed by atoms with E-state index in [1.807, 2.05) is 24.3 Å². The Labute approximate surface area is 144 Å². The van der Waals surface area contributed by atoms with Crippen LogP contribution in [0.15, 0.2) is 24.3 Å². The normalized spacial score (nSPS) is 15.4. The summed E-state index contributed by atoms with van der Waals surface area (Å²) >= 11 is 6.12. The second kappa shape index (κ2) is 9.78. The molecular formula is C18H27ClN2O2. The molecule has 1 N–H and O–H groups in total. The van der Waals surface area contributed by atoms with Gasteiger partial charge in [-0.2, -0.15) is 0 Å². The lowest BCUT2D eigenvalue weighted by Gasteiger charge is -2.22. The van der Waals surface area contributed by atoms with E-state index in [1.54, 1.807) is 11.9 Å². The monoisotopic (exact) mass is 338 g/mol. The van der Waals surface area contributed by atoms with Crippen LogP contribution < -0.4 is 5.32 Å². The summed E-state index contributed by atoms with van der Waals surface area (Å²) in [5.74, 6) is 0. The first-order valence-electron chi connectivity index (χ1n) is 8.51. The predicted molar refractivity (Wildman–Crippen MR) is 93.8 cm³/mol. The summed E-state index contributed by atoms with van der Waals surface area (Å²) in [7, 11) is 1.77. The maximum atomic E-state index is 12.1. The predicted octanol–water partition coefficient (Wildman–Crippen LogP) is 4.22. The number of carbonyl (C=O) groups is 1. The van der Waals surface area contributed by atoms with Gasteiger partial charge in [-0.15, -0.1) is 0 Å². The summed E-state index contributed by atoms with van der Waals surface area (Å²) < 4.78 is 5.85. The number of benzene rings is 1. The fourth-order valence-corrected chi connectivity index (χ4v) is 3.03. The van der Waals surface area contributed by atoms with Crippen LogP contribution in [0.2, 0.25) is 5.02 Å². The van der Waals surface area contributed by atoms with E-state index < -0.39 is 0 Å². The molecular weight excluding hydrogens is 312 g/mol. The van der Waals surface area contributed by atoms with Crippen LogP contribution in [0.25, 0.3) is 0 Å². The molecule has 4 nitrogen and oxygen atoms in total. The van der Waals surface area contributed by atoms with E-state index >= 15 is 0 Å². The summed E-state index contributed by atoms with van der Waals surface area (Å²) in [6.45, 7) is 1.86. The molecule has 1 fully saturated rings. The van der Waals surface area contributed by atoms with Crippen LogP contribution in [-0.4, -0.2) is 37.2 Å². The number of nitrogens with one attached hydrogen (secondary N) is 1. The number of amides is 2. The SMILES string of the molecule is CN(Cc1ccccc1Cl)C(=O)NCCCOC1CCCCC1. The van der Waals surface area contributed by atoms with Crippen LogP contribution in [0.5, 0.6) is 0 Å². The molecule has 0 bridgehead atoms. The van der Waals surface area contributed by atoms with E-state index in [9.17, 15) is 4.79 Å². The van der Waals surface area contributed by atoms with Crippen molar-refractivity contribution in [1.82, 2.24) is 10.2 Å². The van der Waals surface area contributed by atoms with Crippen molar-refractivity contribution in [3.8, 4) is 0 Å². The molecule has 23 heavy (non-hydrogen) atoms. The van der Waals surface area contributed by atoms with Crippen LogP contribution in [0.1, 0.15) is 44.1 Å². The smallest absolute Gasteiger partial charge is 0.317 e. The Kier molecular flexibility index (Phi) is 7.69. The minimum atomic E-state index is -0.0809. The molecule has 0 saturated heterocycles. The van der Waals surface area contributed by atoms with Crippen molar-refractivity contribution in [2.45, 2.75) is 51.2 Å². The van der Waals surface area contributed by atoms with Crippen LogP contribution in [0.4, 0.5) is 4.79 Å². The molecule has 0 aromatic heterocycles. The van der Waals surface area contributed by atoms with Crippen molar-refractivity contribution in [2.24, 2.45) is 0 Å². The molecule has 0 spiro atoms. The molecule has 2 amide bonds. The first-order chi connectivity index (χ1) is 11.2. The molecule has 0 heterocycles. The Bertz CT molecular complexity index is 490. The first kappa shape index (κ1) is 18.1. The minimum absolute atomic E-state index is 0.0809. The zero-order valence-electron chi connectivity index (χ0n) is 13.9. The van der Waals surface area contributed by atoms with Crippen LogP contribution in [-0.2, 0) is 11.3 Å². The van der Waals surface area contributed by atoms with Crippen molar-refractivity contribution in [3.05, 3.63) is 34.9 Å². The fourth-order valence-electron chi connectivity index (χ4n) is 2.84. The molecule has 128 valence electrons. The second-order valence-electron chi connectivity index (χ2n) is 6.16. The summed E-state index contributed by atoms with van der Waals surface area (Å²) in [5.41, 5.74) is 0.951. The highest BCUT2D eigenvalue weighted by Crippen LogP contribution is 2.20. The lowest BCUT2D eigenvalue weighted by molar-refractivity contribution is 0.0275. The number of hydrogen-bond acceptors (Lipinski definition) is 2. The van der Waals surface area contributed by atoms with Crippen molar-refractivity contribution in [2.75, 3.05) is 20.2 Å². The Morgan fingerprint density at radius 1 is 1.30 bits per heavy atom. The molecule has 0 atom stereocenters. The molecule has 0 aliphatic heterocycles. The summed E-state index contributed by atoms with van der Waals surface area (Å²) in [6, 6.07) is 7.51. The number of ether oxygens (including phenoxy) is 1. The Morgan fingerprint density at radius 3 is 2.78 bits per heavy atom. The number of halogens is 1. The Morgan fingerprint density at radius 2 is 2.04 bits per heavy atom. The highest BCUT2D eigenvalue weighted by molar-refractivity contribution is 6.31. The Hall–Kier alpha value is -1.26. The van der Waals surface area contributed by atoms with E-state index in [0.717, 1.165) is 18.6 Å². The van der Waals surface area contributed by atoms with Gasteiger partial charge >= 0.3 is 6.03 Å². The standard InChI is InChI=1S/C18H27ClN2O2/c1-21(14-15-8-5-6-11-17(15)19)18(22)20-12-7-13-23-16-9-3-2-4-10-16/h5-6,8,11,16H,2-4,7,9-10,12-14H2,1H3,(H,20,22). The van der Waals surface area contributed by atoms with Gasteiger partial charge in [0.15, 0.2) is 0 Å². The molecule has 1 aliphatic carbocycles. The molecule has 0 radical (unpaired) electrons. The molecule has 0 unspecified atom stereocenters. The van der Waals surface area contributed by atoms with Gasteiger partial charge in [-0.05, 0) is 30.9 Å². The summed E-state index contributed by atoms with van der Waals surface area (Å²) in [5, 5.41) is 3.61. The number of nitrogens with zero attached hydrogens (tertiary/aromatic N) is 1. The van der Waals surface area contributed by atoms with Gasteiger partial charge in [0.1, 0.15) is 0 Å². The lowest BCUT2D eigenvalue weighted by atomic mass is 9.98. The van der Waals surface area contributed by atoms with E-state index in [-0.39, 0.29) is 6.03 Å². The van der Waals surface area contributed by atoms with Gasteiger partial charge in [0.2, 0.25) is 0 Å². The van der Waals surface area contributed by atoms with Crippen LogP contribution in [0, 0.1) is 0 Å². The third-order valence-corrected chi connectivity index (χ3v) is 4.58. The van der Waals surface area contributed by atoms with Crippen molar-refractivity contribution in [1.29, 1.82) is 0 Å². The fraction of sp³-hybridized carbons (Fsp3) is 0.611. The topological polar surface area (TPSA) is 41.6 Å². The largest absolute Gasteiger partial charge is 0.378 e. The molecule has 5 heteroatoms. The first-order valence-corrected chi connectivity index (χ1v) is 8.88. The van der Waals surface area contributed by atoms with Gasteiger partial charge in [-0.25, -0.2) is 4.79 Å². The van der Waals surface area contributed by atoms with Gasteiger partial charge in [0, 0.05) is 31.8 Å². The second-order valence-corrected chi connectivity index (χ2v) is 6.57. The molecule has 1 aliphatic rings. The maximum Gasteiger partial charge on any atom is 0.317 e. The number of carbonyl (C=O) groups excluding carboxylic acids is 1. The van der Waals surface area contributed by atoms with Crippen molar-refractivity contribution < 1.29 is 9.53 Å². The Balaban J connectivity index is 1.59. The zero-order valence-corrected chi connectivity index (χ0v) is 14.6.